The van der Waals surface area contributed by atoms with Crippen molar-refractivity contribution < 1.29 is 9.53 Å². The fourth-order valence-corrected chi connectivity index (χ4v) is 2.43. The van der Waals surface area contributed by atoms with Gasteiger partial charge >= 0.3 is 0 Å². The summed E-state index contributed by atoms with van der Waals surface area (Å²) in [4.78, 5) is 16.3. The minimum Gasteiger partial charge on any atom is -0.378 e. The highest BCUT2D eigenvalue weighted by Crippen LogP contribution is 2.14. The van der Waals surface area contributed by atoms with E-state index in [2.05, 4.69) is 17.0 Å². The van der Waals surface area contributed by atoms with Gasteiger partial charge in [-0.2, -0.15) is 5.10 Å². The molecule has 6 nitrogen and oxygen atoms in total. The Kier molecular flexibility index (Phi) is 3.05. The summed E-state index contributed by atoms with van der Waals surface area (Å²) in [5.74, 6) is 0.0304. The van der Waals surface area contributed by atoms with Crippen molar-refractivity contribution >= 4 is 5.91 Å². The zero-order valence-corrected chi connectivity index (χ0v) is 10.6. The quantitative estimate of drug-likeness (QED) is 0.692. The van der Waals surface area contributed by atoms with E-state index in [4.69, 9.17) is 4.74 Å². The number of morpholine rings is 1. The number of hydrogen-bond acceptors (Lipinski definition) is 4. The number of aromatic nitrogens is 2. The van der Waals surface area contributed by atoms with Crippen LogP contribution in [0.3, 0.4) is 0 Å². The van der Waals surface area contributed by atoms with Gasteiger partial charge in [0.05, 0.1) is 25.5 Å². The van der Waals surface area contributed by atoms with Gasteiger partial charge in [-0.1, -0.05) is 0 Å². The van der Waals surface area contributed by atoms with Crippen LogP contribution >= 0.6 is 0 Å². The minimum atomic E-state index is 0.0304. The molecule has 98 valence electrons. The summed E-state index contributed by atoms with van der Waals surface area (Å²) >= 11 is 0. The number of hydrogen-bond donors (Lipinski definition) is 0. The van der Waals surface area contributed by atoms with Crippen molar-refractivity contribution in [3.63, 3.8) is 0 Å². The Balaban J connectivity index is 1.78. The van der Waals surface area contributed by atoms with Crippen molar-refractivity contribution in [1.82, 2.24) is 19.6 Å². The van der Waals surface area contributed by atoms with Crippen molar-refractivity contribution in [3.05, 3.63) is 17.5 Å². The van der Waals surface area contributed by atoms with Crippen LogP contribution in [-0.4, -0.2) is 65.4 Å². The first-order valence-corrected chi connectivity index (χ1v) is 6.36. The molecule has 0 bridgehead atoms. The number of carbonyl (C=O) groups excluding carboxylic acids is 1. The normalized spacial score (nSPS) is 20.8. The smallest absolute Gasteiger partial charge is 0.274 e. The van der Waals surface area contributed by atoms with Crippen molar-refractivity contribution in [3.8, 4) is 0 Å². The molecule has 6 heteroatoms. The molecule has 1 saturated heterocycles. The third-order valence-electron chi connectivity index (χ3n) is 3.51. The van der Waals surface area contributed by atoms with Crippen LogP contribution in [-0.2, 0) is 17.8 Å². The molecular formula is C12H18N4O2. The molecule has 0 aliphatic carbocycles. The van der Waals surface area contributed by atoms with Crippen LogP contribution in [0.2, 0.25) is 0 Å². The topological polar surface area (TPSA) is 50.6 Å². The number of fused-ring (bicyclic) bond motifs is 1. The van der Waals surface area contributed by atoms with Gasteiger partial charge in [-0.3, -0.25) is 14.4 Å². The number of rotatable bonds is 1. The molecule has 0 radical (unpaired) electrons. The molecule has 3 heterocycles. The molecule has 0 unspecified atom stereocenters. The van der Waals surface area contributed by atoms with Crippen molar-refractivity contribution in [1.29, 1.82) is 0 Å². The molecule has 18 heavy (non-hydrogen) atoms. The summed E-state index contributed by atoms with van der Waals surface area (Å²) in [5.41, 5.74) is 1.70. The second-order valence-electron chi connectivity index (χ2n) is 4.89. The second kappa shape index (κ2) is 4.70. The number of likely N-dealkylation sites (N-methyl/N-ethyl adjacent to an activating group) is 1. The lowest BCUT2D eigenvalue weighted by molar-refractivity contribution is 0.0298. The summed E-state index contributed by atoms with van der Waals surface area (Å²) in [6, 6.07) is 1.92. The molecule has 0 N–H and O–H groups in total. The van der Waals surface area contributed by atoms with Crippen LogP contribution in [0.15, 0.2) is 6.07 Å². The monoisotopic (exact) mass is 250 g/mol. The summed E-state index contributed by atoms with van der Waals surface area (Å²) < 4.78 is 7.21. The van der Waals surface area contributed by atoms with Crippen LogP contribution in [0, 0.1) is 0 Å². The molecule has 2 aliphatic rings. The molecule has 1 aromatic heterocycles. The second-order valence-corrected chi connectivity index (χ2v) is 4.89. The zero-order chi connectivity index (χ0) is 12.5. The first-order valence-electron chi connectivity index (χ1n) is 6.36. The first kappa shape index (κ1) is 11.7. The van der Waals surface area contributed by atoms with Gasteiger partial charge < -0.3 is 9.64 Å². The fourth-order valence-electron chi connectivity index (χ4n) is 2.43. The van der Waals surface area contributed by atoms with Crippen LogP contribution in [0.1, 0.15) is 16.2 Å². The van der Waals surface area contributed by atoms with Gasteiger partial charge in [-0.05, 0) is 13.1 Å². The molecule has 1 aromatic rings. The Morgan fingerprint density at radius 1 is 1.28 bits per heavy atom. The third kappa shape index (κ3) is 2.13. The van der Waals surface area contributed by atoms with E-state index in [9.17, 15) is 4.79 Å². The van der Waals surface area contributed by atoms with Crippen LogP contribution in [0.4, 0.5) is 0 Å². The maximum Gasteiger partial charge on any atom is 0.274 e. The molecular weight excluding hydrogens is 232 g/mol. The number of carbonyl (C=O) groups is 1. The maximum atomic E-state index is 12.3. The molecule has 0 atom stereocenters. The van der Waals surface area contributed by atoms with Crippen LogP contribution in [0.5, 0.6) is 0 Å². The average Bonchev–Trinajstić information content (AvgIpc) is 2.81. The number of amides is 1. The van der Waals surface area contributed by atoms with E-state index in [0.717, 1.165) is 25.3 Å². The van der Waals surface area contributed by atoms with E-state index in [1.807, 2.05) is 15.6 Å². The maximum absolute atomic E-state index is 12.3. The molecule has 0 aromatic carbocycles. The molecule has 0 spiro atoms. The SMILES string of the molecule is CN1CCn2nc(C(=O)N3CCOCC3)cc2C1. The van der Waals surface area contributed by atoms with Gasteiger partial charge in [0.2, 0.25) is 0 Å². The van der Waals surface area contributed by atoms with Gasteiger partial charge in [0.15, 0.2) is 5.69 Å². The lowest BCUT2D eigenvalue weighted by Gasteiger charge is -2.25. The standard InChI is InChI=1S/C12H18N4O2/c1-14-2-3-16-10(9-14)8-11(13-16)12(17)15-4-6-18-7-5-15/h8H,2-7,9H2,1H3. The van der Waals surface area contributed by atoms with Gasteiger partial charge in [0, 0.05) is 26.2 Å². The molecule has 2 aliphatic heterocycles. The zero-order valence-electron chi connectivity index (χ0n) is 10.6. The first-order chi connectivity index (χ1) is 8.74. The molecule has 1 amide bonds. The highest BCUT2D eigenvalue weighted by molar-refractivity contribution is 5.92. The van der Waals surface area contributed by atoms with Crippen molar-refractivity contribution in [2.75, 3.05) is 39.9 Å². The van der Waals surface area contributed by atoms with Crippen molar-refractivity contribution in [2.45, 2.75) is 13.1 Å². The highest BCUT2D eigenvalue weighted by Gasteiger charge is 2.23. The van der Waals surface area contributed by atoms with E-state index >= 15 is 0 Å². The van der Waals surface area contributed by atoms with E-state index in [1.54, 1.807) is 0 Å². The Morgan fingerprint density at radius 2 is 2.06 bits per heavy atom. The van der Waals surface area contributed by atoms with Crippen LogP contribution < -0.4 is 0 Å². The fraction of sp³-hybridized carbons (Fsp3) is 0.667. The number of ether oxygens (including phenoxy) is 1. The van der Waals surface area contributed by atoms with Crippen molar-refractivity contribution in [2.24, 2.45) is 0 Å². The Morgan fingerprint density at radius 3 is 2.83 bits per heavy atom. The predicted molar refractivity (Wildman–Crippen MR) is 65.3 cm³/mol. The van der Waals surface area contributed by atoms with Gasteiger partial charge in [0.25, 0.3) is 5.91 Å². The Hall–Kier alpha value is -1.40. The lowest BCUT2D eigenvalue weighted by atomic mass is 10.2. The summed E-state index contributed by atoms with van der Waals surface area (Å²) in [6.45, 7) is 5.30. The Labute approximate surface area is 106 Å². The largest absolute Gasteiger partial charge is 0.378 e. The van der Waals surface area contributed by atoms with Crippen LogP contribution in [0.25, 0.3) is 0 Å². The summed E-state index contributed by atoms with van der Waals surface area (Å²) in [6.07, 6.45) is 0. The van der Waals surface area contributed by atoms with Gasteiger partial charge in [-0.25, -0.2) is 0 Å². The molecule has 3 rings (SSSR count). The lowest BCUT2D eigenvalue weighted by Crippen LogP contribution is -2.40. The van der Waals surface area contributed by atoms with E-state index in [1.165, 1.54) is 0 Å². The minimum absolute atomic E-state index is 0.0304. The predicted octanol–water partition coefficient (Wildman–Crippen LogP) is -0.199. The molecule has 0 saturated carbocycles. The van der Waals surface area contributed by atoms with E-state index in [-0.39, 0.29) is 5.91 Å². The van der Waals surface area contributed by atoms with E-state index in [0.29, 0.717) is 32.0 Å². The third-order valence-corrected chi connectivity index (χ3v) is 3.51. The molecule has 1 fully saturated rings. The van der Waals surface area contributed by atoms with E-state index < -0.39 is 0 Å². The summed E-state index contributed by atoms with van der Waals surface area (Å²) in [7, 11) is 2.08. The summed E-state index contributed by atoms with van der Waals surface area (Å²) in [5, 5.41) is 4.42. The average molecular weight is 250 g/mol. The highest BCUT2D eigenvalue weighted by atomic mass is 16.5. The van der Waals surface area contributed by atoms with Gasteiger partial charge in [0.1, 0.15) is 0 Å². The van der Waals surface area contributed by atoms with Gasteiger partial charge in [-0.15, -0.1) is 0 Å². The number of nitrogens with zero attached hydrogens (tertiary/aromatic N) is 4. The Bertz CT molecular complexity index is 451.